The molecule has 0 bridgehead atoms. The van der Waals surface area contributed by atoms with Gasteiger partial charge in [0.1, 0.15) is 0 Å². The van der Waals surface area contributed by atoms with E-state index in [1.807, 2.05) is 18.7 Å². The molecule has 1 rings (SSSR count). The molecule has 0 fully saturated rings. The van der Waals surface area contributed by atoms with E-state index in [1.54, 1.807) is 12.1 Å². The quantitative estimate of drug-likeness (QED) is 0.607. The molecule has 6 nitrogen and oxygen atoms in total. The van der Waals surface area contributed by atoms with Gasteiger partial charge < -0.3 is 5.11 Å². The Labute approximate surface area is 125 Å². The molecule has 0 spiro atoms. The first-order valence-electron chi connectivity index (χ1n) is 6.23. The van der Waals surface area contributed by atoms with Gasteiger partial charge in [-0.1, -0.05) is 22.9 Å². The molecule has 7 heteroatoms. The van der Waals surface area contributed by atoms with E-state index >= 15 is 0 Å². The molecule has 0 radical (unpaired) electrons. The summed E-state index contributed by atoms with van der Waals surface area (Å²) in [5.41, 5.74) is 0.623. The van der Waals surface area contributed by atoms with Crippen molar-refractivity contribution < 1.29 is 14.8 Å². The lowest BCUT2D eigenvalue weighted by molar-refractivity contribution is -0.385. The van der Waals surface area contributed by atoms with E-state index in [4.69, 9.17) is 5.11 Å². The van der Waals surface area contributed by atoms with Crippen LogP contribution in [0.5, 0.6) is 0 Å². The average Bonchev–Trinajstić information content (AvgIpc) is 2.36. The molecule has 0 saturated carbocycles. The Bertz CT molecular complexity index is 507. The molecule has 0 aliphatic heterocycles. The Hall–Kier alpha value is -1.47. The van der Waals surface area contributed by atoms with E-state index in [-0.39, 0.29) is 18.2 Å². The molecule has 0 saturated heterocycles. The molecule has 1 aromatic carbocycles. The van der Waals surface area contributed by atoms with Crippen molar-refractivity contribution in [2.45, 2.75) is 32.9 Å². The molecule has 0 aliphatic rings. The summed E-state index contributed by atoms with van der Waals surface area (Å²) in [5.74, 6) is -0.874. The predicted octanol–water partition coefficient (Wildman–Crippen LogP) is 3.04. The van der Waals surface area contributed by atoms with E-state index < -0.39 is 10.9 Å². The van der Waals surface area contributed by atoms with Gasteiger partial charge in [0.25, 0.3) is 5.69 Å². The van der Waals surface area contributed by atoms with Gasteiger partial charge in [-0.15, -0.1) is 0 Å². The summed E-state index contributed by atoms with van der Waals surface area (Å²) >= 11 is 3.21. The van der Waals surface area contributed by atoms with E-state index in [1.165, 1.54) is 6.07 Å². The number of carbonyl (C=O) groups is 1. The maximum Gasteiger partial charge on any atom is 0.304 e. The van der Waals surface area contributed by atoms with Crippen molar-refractivity contribution in [1.29, 1.82) is 0 Å². The summed E-state index contributed by atoms with van der Waals surface area (Å²) in [7, 11) is 0. The Morgan fingerprint density at radius 2 is 2.20 bits per heavy atom. The normalized spacial score (nSPS) is 12.4. The van der Waals surface area contributed by atoms with Crippen LogP contribution in [0.4, 0.5) is 5.69 Å². The minimum absolute atomic E-state index is 0.0121. The van der Waals surface area contributed by atoms with Crippen molar-refractivity contribution in [3.63, 3.8) is 0 Å². The largest absolute Gasteiger partial charge is 0.481 e. The van der Waals surface area contributed by atoms with Crippen LogP contribution in [0.25, 0.3) is 0 Å². The van der Waals surface area contributed by atoms with Gasteiger partial charge in [0, 0.05) is 28.7 Å². The fourth-order valence-corrected chi connectivity index (χ4v) is 2.37. The zero-order valence-corrected chi connectivity index (χ0v) is 13.0. The number of hydrogen-bond acceptors (Lipinski definition) is 4. The summed E-state index contributed by atoms with van der Waals surface area (Å²) in [4.78, 5) is 23.3. The molecule has 1 aromatic rings. The Morgan fingerprint density at radius 1 is 1.55 bits per heavy atom. The highest BCUT2D eigenvalue weighted by molar-refractivity contribution is 9.10. The maximum atomic E-state index is 11.1. The van der Waals surface area contributed by atoms with Crippen LogP contribution in [-0.2, 0) is 11.3 Å². The van der Waals surface area contributed by atoms with Gasteiger partial charge in [-0.3, -0.25) is 19.8 Å². The van der Waals surface area contributed by atoms with Gasteiger partial charge in [-0.05, 0) is 25.6 Å². The molecule has 1 N–H and O–H groups in total. The van der Waals surface area contributed by atoms with Crippen molar-refractivity contribution in [1.82, 2.24) is 4.90 Å². The van der Waals surface area contributed by atoms with Crippen molar-refractivity contribution in [3.05, 3.63) is 38.3 Å². The molecule has 1 unspecified atom stereocenters. The van der Waals surface area contributed by atoms with E-state index in [2.05, 4.69) is 15.9 Å². The van der Waals surface area contributed by atoms with Crippen LogP contribution in [0.1, 0.15) is 25.8 Å². The van der Waals surface area contributed by atoms with Gasteiger partial charge >= 0.3 is 5.97 Å². The topological polar surface area (TPSA) is 83.7 Å². The third kappa shape index (κ3) is 4.57. The molecule has 20 heavy (non-hydrogen) atoms. The van der Waals surface area contributed by atoms with Crippen LogP contribution in [0, 0.1) is 10.1 Å². The zero-order chi connectivity index (χ0) is 15.3. The first-order valence-corrected chi connectivity index (χ1v) is 7.03. The maximum absolute atomic E-state index is 11.1. The smallest absolute Gasteiger partial charge is 0.304 e. The van der Waals surface area contributed by atoms with Crippen molar-refractivity contribution in [3.8, 4) is 0 Å². The van der Waals surface area contributed by atoms with Crippen LogP contribution in [0.15, 0.2) is 22.7 Å². The van der Waals surface area contributed by atoms with Crippen LogP contribution in [0.2, 0.25) is 0 Å². The third-order valence-electron chi connectivity index (χ3n) is 3.12. The summed E-state index contributed by atoms with van der Waals surface area (Å²) in [6, 6.07) is 4.72. The van der Waals surface area contributed by atoms with Crippen molar-refractivity contribution in [2.75, 3.05) is 6.54 Å². The number of benzene rings is 1. The monoisotopic (exact) mass is 344 g/mol. The number of hydrogen-bond donors (Lipinski definition) is 1. The Kier molecular flexibility index (Phi) is 6.09. The highest BCUT2D eigenvalue weighted by atomic mass is 79.9. The van der Waals surface area contributed by atoms with Gasteiger partial charge in [0.15, 0.2) is 0 Å². The molecule has 0 amide bonds. The van der Waals surface area contributed by atoms with Crippen molar-refractivity contribution >= 4 is 27.6 Å². The summed E-state index contributed by atoms with van der Waals surface area (Å²) in [6.45, 7) is 4.70. The lowest BCUT2D eigenvalue weighted by atomic mass is 10.1. The molecule has 0 aromatic heterocycles. The SMILES string of the molecule is CCN(Cc1ccc(Br)cc1[N+](=O)[O-])C(C)CC(=O)O. The number of aliphatic carboxylic acids is 1. The first kappa shape index (κ1) is 16.6. The minimum Gasteiger partial charge on any atom is -0.481 e. The third-order valence-corrected chi connectivity index (χ3v) is 3.61. The number of carboxylic acid groups (broad SMARTS) is 1. The van der Waals surface area contributed by atoms with E-state index in [0.29, 0.717) is 23.1 Å². The summed E-state index contributed by atoms with van der Waals surface area (Å²) in [5, 5.41) is 19.9. The van der Waals surface area contributed by atoms with Gasteiger partial charge in [-0.25, -0.2) is 0 Å². The van der Waals surface area contributed by atoms with Crippen LogP contribution < -0.4 is 0 Å². The molecule has 0 aliphatic carbocycles. The molecule has 0 heterocycles. The lowest BCUT2D eigenvalue weighted by Crippen LogP contribution is -2.34. The second-order valence-corrected chi connectivity index (χ2v) is 5.46. The number of carboxylic acids is 1. The Morgan fingerprint density at radius 3 is 2.70 bits per heavy atom. The van der Waals surface area contributed by atoms with Gasteiger partial charge in [-0.2, -0.15) is 0 Å². The van der Waals surface area contributed by atoms with Gasteiger partial charge in [0.05, 0.1) is 11.3 Å². The Balaban J connectivity index is 2.95. The van der Waals surface area contributed by atoms with Crippen LogP contribution >= 0.6 is 15.9 Å². The van der Waals surface area contributed by atoms with Gasteiger partial charge in [0.2, 0.25) is 0 Å². The fraction of sp³-hybridized carbons (Fsp3) is 0.462. The fourth-order valence-electron chi connectivity index (χ4n) is 2.02. The molecular formula is C13H17BrN2O4. The summed E-state index contributed by atoms with van der Waals surface area (Å²) < 4.78 is 0.648. The first-order chi connectivity index (χ1) is 9.35. The minimum atomic E-state index is -0.874. The molecular weight excluding hydrogens is 328 g/mol. The predicted molar refractivity (Wildman–Crippen MR) is 78.6 cm³/mol. The second kappa shape index (κ2) is 7.35. The highest BCUT2D eigenvalue weighted by Gasteiger charge is 2.20. The van der Waals surface area contributed by atoms with Crippen molar-refractivity contribution in [2.24, 2.45) is 0 Å². The average molecular weight is 345 g/mol. The van der Waals surface area contributed by atoms with E-state index in [9.17, 15) is 14.9 Å². The standard InChI is InChI=1S/C13H17BrN2O4/c1-3-15(9(2)6-13(17)18)8-10-4-5-11(14)7-12(10)16(19)20/h4-5,7,9H,3,6,8H2,1-2H3,(H,17,18). The number of nitro groups is 1. The summed E-state index contributed by atoms with van der Waals surface area (Å²) in [6.07, 6.45) is 0.0121. The molecule has 1 atom stereocenters. The zero-order valence-electron chi connectivity index (χ0n) is 11.4. The lowest BCUT2D eigenvalue weighted by Gasteiger charge is -2.26. The second-order valence-electron chi connectivity index (χ2n) is 4.54. The number of nitro benzene ring substituents is 1. The molecule has 110 valence electrons. The van der Waals surface area contributed by atoms with Crippen LogP contribution in [-0.4, -0.2) is 33.5 Å². The highest BCUT2D eigenvalue weighted by Crippen LogP contribution is 2.25. The van der Waals surface area contributed by atoms with Crippen LogP contribution in [0.3, 0.4) is 0 Å². The van der Waals surface area contributed by atoms with E-state index in [0.717, 1.165) is 0 Å². The number of halogens is 1. The number of nitrogens with zero attached hydrogens (tertiary/aromatic N) is 2. The number of rotatable bonds is 7.